The van der Waals surface area contributed by atoms with Crippen LogP contribution in [0.5, 0.6) is 0 Å². The summed E-state index contributed by atoms with van der Waals surface area (Å²) in [5.74, 6) is 0. The fraction of sp³-hybridized carbons (Fsp3) is 0.650. The van der Waals surface area contributed by atoms with Gasteiger partial charge in [0.15, 0.2) is 0 Å². The highest BCUT2D eigenvalue weighted by Crippen LogP contribution is 2.20. The number of amides is 1. The number of hydrogen-bond acceptors (Lipinski definition) is 5. The third kappa shape index (κ3) is 6.59. The second-order valence-corrected chi connectivity index (χ2v) is 7.89. The van der Waals surface area contributed by atoms with E-state index in [1.54, 1.807) is 12.0 Å². The highest BCUT2D eigenvalue weighted by Gasteiger charge is 2.34. The lowest BCUT2D eigenvalue weighted by Crippen LogP contribution is -2.56. The Morgan fingerprint density at radius 2 is 1.96 bits per heavy atom. The minimum absolute atomic E-state index is 0.104. The first-order chi connectivity index (χ1) is 12.3. The van der Waals surface area contributed by atoms with Crippen LogP contribution >= 0.6 is 0 Å². The van der Waals surface area contributed by atoms with E-state index in [0.29, 0.717) is 19.5 Å². The number of carbonyl (C=O) groups excluding carboxylic acids is 1. The zero-order chi connectivity index (χ0) is 19.2. The van der Waals surface area contributed by atoms with Crippen LogP contribution in [0.25, 0.3) is 0 Å². The van der Waals surface area contributed by atoms with E-state index in [9.17, 15) is 9.90 Å². The molecule has 1 heterocycles. The molecule has 146 valence electrons. The average molecular weight is 364 g/mol. The van der Waals surface area contributed by atoms with E-state index in [-0.39, 0.29) is 18.7 Å². The number of methoxy groups -OCH3 is 1. The van der Waals surface area contributed by atoms with Crippen molar-refractivity contribution in [2.24, 2.45) is 0 Å². The average Bonchev–Trinajstić information content (AvgIpc) is 2.54. The summed E-state index contributed by atoms with van der Waals surface area (Å²) < 4.78 is 10.6. The van der Waals surface area contributed by atoms with Crippen LogP contribution in [0.2, 0.25) is 0 Å². The van der Waals surface area contributed by atoms with Crippen LogP contribution in [-0.2, 0) is 16.0 Å². The van der Waals surface area contributed by atoms with Gasteiger partial charge in [0.1, 0.15) is 5.60 Å². The molecule has 6 heteroatoms. The van der Waals surface area contributed by atoms with E-state index >= 15 is 0 Å². The molecule has 0 radical (unpaired) electrons. The lowest BCUT2D eigenvalue weighted by molar-refractivity contribution is -0.0191. The molecule has 0 aliphatic carbocycles. The first-order valence-corrected chi connectivity index (χ1v) is 9.21. The Bertz CT molecular complexity index is 559. The quantitative estimate of drug-likeness (QED) is 0.840. The number of benzene rings is 1. The Morgan fingerprint density at radius 3 is 2.58 bits per heavy atom. The van der Waals surface area contributed by atoms with Crippen molar-refractivity contribution in [3.05, 3.63) is 35.9 Å². The number of aliphatic hydroxyl groups excluding tert-OH is 1. The van der Waals surface area contributed by atoms with Gasteiger partial charge in [0.2, 0.25) is 0 Å². The molecule has 0 spiro atoms. The Labute approximate surface area is 156 Å². The summed E-state index contributed by atoms with van der Waals surface area (Å²) in [5, 5.41) is 10.2. The topological polar surface area (TPSA) is 62.2 Å². The van der Waals surface area contributed by atoms with Crippen LogP contribution < -0.4 is 0 Å². The van der Waals surface area contributed by atoms with Gasteiger partial charge in [0.05, 0.1) is 18.8 Å². The third-order valence-electron chi connectivity index (χ3n) is 4.35. The van der Waals surface area contributed by atoms with Gasteiger partial charge in [-0.25, -0.2) is 4.79 Å². The Kier molecular flexibility index (Phi) is 7.43. The fourth-order valence-electron chi connectivity index (χ4n) is 3.24. The minimum atomic E-state index is -0.605. The predicted octanol–water partition coefficient (Wildman–Crippen LogP) is 2.51. The number of nitrogens with zero attached hydrogens (tertiary/aromatic N) is 2. The summed E-state index contributed by atoms with van der Waals surface area (Å²) in [6.45, 7) is 8.77. The molecule has 0 aromatic heterocycles. The molecule has 1 N–H and O–H groups in total. The molecule has 1 saturated heterocycles. The van der Waals surface area contributed by atoms with Crippen LogP contribution in [0.1, 0.15) is 32.8 Å². The van der Waals surface area contributed by atoms with Gasteiger partial charge in [0.25, 0.3) is 0 Å². The molecule has 1 aromatic carbocycles. The number of carbonyl (C=O) groups is 1. The summed E-state index contributed by atoms with van der Waals surface area (Å²) in [6, 6.07) is 10.2. The summed E-state index contributed by atoms with van der Waals surface area (Å²) >= 11 is 0. The van der Waals surface area contributed by atoms with E-state index < -0.39 is 11.7 Å². The van der Waals surface area contributed by atoms with Gasteiger partial charge in [-0.15, -0.1) is 0 Å². The number of piperazine rings is 1. The molecule has 1 aliphatic rings. The second kappa shape index (κ2) is 9.35. The van der Waals surface area contributed by atoms with Crippen molar-refractivity contribution in [2.75, 3.05) is 33.4 Å². The van der Waals surface area contributed by atoms with E-state index in [2.05, 4.69) is 17.0 Å². The SMILES string of the molecule is COC[C@@H](O)C[C@@H]1CN(Cc2ccccc2)CCN1C(=O)OC(C)(C)C. The molecule has 0 unspecified atom stereocenters. The smallest absolute Gasteiger partial charge is 0.410 e. The number of rotatable bonds is 6. The van der Waals surface area contributed by atoms with E-state index in [1.807, 2.05) is 39.0 Å². The number of aliphatic hydroxyl groups is 1. The standard InChI is InChI=1S/C20H32N2O4/c1-20(2,3)26-19(24)22-11-10-21(13-16-8-6-5-7-9-16)14-17(22)12-18(23)15-25-4/h5-9,17-18,23H,10-15H2,1-4H3/t17-,18+/m1/s1. The molecule has 1 aliphatic heterocycles. The Balaban J connectivity index is 2.04. The van der Waals surface area contributed by atoms with E-state index in [1.165, 1.54) is 5.56 Å². The van der Waals surface area contributed by atoms with Gasteiger partial charge >= 0.3 is 6.09 Å². The molecule has 26 heavy (non-hydrogen) atoms. The molecule has 2 atom stereocenters. The Hall–Kier alpha value is -1.63. The molecule has 0 bridgehead atoms. The van der Waals surface area contributed by atoms with Gasteiger partial charge in [-0.3, -0.25) is 4.90 Å². The minimum Gasteiger partial charge on any atom is -0.444 e. The maximum Gasteiger partial charge on any atom is 0.410 e. The van der Waals surface area contributed by atoms with Gasteiger partial charge < -0.3 is 19.5 Å². The monoisotopic (exact) mass is 364 g/mol. The normalized spacial score (nSPS) is 20.0. The third-order valence-corrected chi connectivity index (χ3v) is 4.35. The van der Waals surface area contributed by atoms with Crippen molar-refractivity contribution >= 4 is 6.09 Å². The van der Waals surface area contributed by atoms with Gasteiger partial charge in [0, 0.05) is 33.3 Å². The van der Waals surface area contributed by atoms with Crippen molar-refractivity contribution in [1.29, 1.82) is 0 Å². The van der Waals surface area contributed by atoms with Crippen LogP contribution in [0.15, 0.2) is 30.3 Å². The van der Waals surface area contributed by atoms with Crippen molar-refractivity contribution in [2.45, 2.75) is 51.5 Å². The molecule has 0 saturated carbocycles. The van der Waals surface area contributed by atoms with Gasteiger partial charge in [-0.1, -0.05) is 30.3 Å². The molecular formula is C20H32N2O4. The van der Waals surface area contributed by atoms with Gasteiger partial charge in [-0.2, -0.15) is 0 Å². The predicted molar refractivity (Wildman–Crippen MR) is 101 cm³/mol. The second-order valence-electron chi connectivity index (χ2n) is 7.89. The first-order valence-electron chi connectivity index (χ1n) is 9.21. The molecule has 1 fully saturated rings. The molecule has 2 rings (SSSR count). The van der Waals surface area contributed by atoms with E-state index in [4.69, 9.17) is 9.47 Å². The number of ether oxygens (including phenoxy) is 2. The first kappa shape index (κ1) is 20.7. The summed E-state index contributed by atoms with van der Waals surface area (Å²) in [4.78, 5) is 16.7. The zero-order valence-electron chi connectivity index (χ0n) is 16.4. The number of hydrogen-bond donors (Lipinski definition) is 1. The van der Waals surface area contributed by atoms with Gasteiger partial charge in [-0.05, 0) is 32.8 Å². The lowest BCUT2D eigenvalue weighted by Gasteiger charge is -2.42. The van der Waals surface area contributed by atoms with Crippen molar-refractivity contribution in [3.8, 4) is 0 Å². The van der Waals surface area contributed by atoms with Crippen molar-refractivity contribution in [1.82, 2.24) is 9.80 Å². The van der Waals surface area contributed by atoms with Crippen LogP contribution in [-0.4, -0.2) is 72.1 Å². The summed E-state index contributed by atoms with van der Waals surface area (Å²) in [6.07, 6.45) is -0.448. The summed E-state index contributed by atoms with van der Waals surface area (Å²) in [7, 11) is 1.57. The molecular weight excluding hydrogens is 332 g/mol. The lowest BCUT2D eigenvalue weighted by atomic mass is 10.0. The van der Waals surface area contributed by atoms with Crippen molar-refractivity contribution < 1.29 is 19.4 Å². The highest BCUT2D eigenvalue weighted by molar-refractivity contribution is 5.68. The zero-order valence-corrected chi connectivity index (χ0v) is 16.4. The molecule has 1 aromatic rings. The maximum absolute atomic E-state index is 12.6. The highest BCUT2D eigenvalue weighted by atomic mass is 16.6. The van der Waals surface area contributed by atoms with Crippen LogP contribution in [0.4, 0.5) is 4.79 Å². The molecule has 1 amide bonds. The maximum atomic E-state index is 12.6. The van der Waals surface area contributed by atoms with E-state index in [0.717, 1.165) is 13.1 Å². The Morgan fingerprint density at radius 1 is 1.27 bits per heavy atom. The van der Waals surface area contributed by atoms with Crippen molar-refractivity contribution in [3.63, 3.8) is 0 Å². The van der Waals surface area contributed by atoms with Crippen LogP contribution in [0, 0.1) is 0 Å². The molecule has 6 nitrogen and oxygen atoms in total. The fourth-order valence-corrected chi connectivity index (χ4v) is 3.24. The largest absolute Gasteiger partial charge is 0.444 e. The van der Waals surface area contributed by atoms with Crippen LogP contribution in [0.3, 0.4) is 0 Å². The summed E-state index contributed by atoms with van der Waals surface area (Å²) in [5.41, 5.74) is 0.711.